The number of hydrogen-bond donors (Lipinski definition) is 0. The third-order valence-corrected chi connectivity index (χ3v) is 5.18. The molecule has 1 aliphatic heterocycles. The van der Waals surface area contributed by atoms with Crippen LogP contribution in [0.25, 0.3) is 0 Å². The van der Waals surface area contributed by atoms with Crippen LogP contribution in [0.1, 0.15) is 23.1 Å². The number of fused-ring (bicyclic) bond motifs is 1. The molecular weight excluding hydrogens is 300 g/mol. The zero-order valence-corrected chi connectivity index (χ0v) is 13.4. The molecule has 0 fully saturated rings. The Balaban J connectivity index is 1.81. The molecule has 1 aliphatic rings. The van der Waals surface area contributed by atoms with Gasteiger partial charge in [-0.1, -0.05) is 35.9 Å². The minimum atomic E-state index is -3.83. The lowest BCUT2D eigenvalue weighted by molar-refractivity contribution is -0.00448. The van der Waals surface area contributed by atoms with E-state index < -0.39 is 16.4 Å². The van der Waals surface area contributed by atoms with Crippen LogP contribution in [0.5, 0.6) is 5.75 Å². The van der Waals surface area contributed by atoms with Gasteiger partial charge in [-0.3, -0.25) is 0 Å². The zero-order valence-electron chi connectivity index (χ0n) is 12.6. The van der Waals surface area contributed by atoms with Crippen molar-refractivity contribution >= 4 is 10.1 Å². The van der Waals surface area contributed by atoms with E-state index in [4.69, 9.17) is 8.92 Å². The molecular formula is C17H18O4S. The third-order valence-electron chi connectivity index (χ3n) is 3.71. The standard InChI is InChI=1S/C17H18O4S/c1-12-7-9-16(13(2)11-12)22(18,19)21-17-10-8-14-5-3-4-6-15(14)20-17/h3-7,9,11,17H,8,10H2,1-2H3. The van der Waals surface area contributed by atoms with Crippen molar-refractivity contribution in [3.63, 3.8) is 0 Å². The van der Waals surface area contributed by atoms with Crippen LogP contribution in [0, 0.1) is 13.8 Å². The highest BCUT2D eigenvalue weighted by molar-refractivity contribution is 7.86. The molecule has 3 rings (SSSR count). The number of rotatable bonds is 3. The van der Waals surface area contributed by atoms with Crippen LogP contribution >= 0.6 is 0 Å². The molecule has 5 heteroatoms. The van der Waals surface area contributed by atoms with Gasteiger partial charge >= 0.3 is 10.1 Å². The second-order valence-corrected chi connectivity index (χ2v) is 7.05. The molecule has 2 aromatic carbocycles. The molecule has 1 atom stereocenters. The molecule has 0 saturated heterocycles. The van der Waals surface area contributed by atoms with Crippen molar-refractivity contribution in [1.29, 1.82) is 0 Å². The second kappa shape index (κ2) is 5.74. The van der Waals surface area contributed by atoms with E-state index >= 15 is 0 Å². The molecule has 116 valence electrons. The third kappa shape index (κ3) is 3.00. The van der Waals surface area contributed by atoms with Crippen LogP contribution in [0.4, 0.5) is 0 Å². The number of para-hydroxylation sites is 1. The maximum absolute atomic E-state index is 12.4. The van der Waals surface area contributed by atoms with Crippen LogP contribution in [0.15, 0.2) is 47.4 Å². The zero-order chi connectivity index (χ0) is 15.7. The minimum absolute atomic E-state index is 0.195. The summed E-state index contributed by atoms with van der Waals surface area (Å²) >= 11 is 0. The van der Waals surface area contributed by atoms with Crippen LogP contribution in [0.3, 0.4) is 0 Å². The first-order valence-corrected chi connectivity index (χ1v) is 8.62. The summed E-state index contributed by atoms with van der Waals surface area (Å²) in [4.78, 5) is 0.195. The second-order valence-electron chi connectivity index (χ2n) is 5.51. The predicted octanol–water partition coefficient (Wildman–Crippen LogP) is 3.36. The van der Waals surface area contributed by atoms with Crippen LogP contribution in [-0.4, -0.2) is 14.7 Å². The number of ether oxygens (including phenoxy) is 1. The molecule has 0 spiro atoms. The fourth-order valence-corrected chi connectivity index (χ4v) is 3.85. The van der Waals surface area contributed by atoms with Gasteiger partial charge in [-0.2, -0.15) is 8.42 Å². The largest absolute Gasteiger partial charge is 0.463 e. The summed E-state index contributed by atoms with van der Waals surface area (Å²) in [5.41, 5.74) is 2.77. The molecule has 0 aromatic heterocycles. The van der Waals surface area contributed by atoms with Gasteiger partial charge in [-0.05, 0) is 43.5 Å². The van der Waals surface area contributed by atoms with Gasteiger partial charge in [0.2, 0.25) is 6.29 Å². The first kappa shape index (κ1) is 15.1. The molecule has 4 nitrogen and oxygen atoms in total. The Morgan fingerprint density at radius 3 is 2.68 bits per heavy atom. The van der Waals surface area contributed by atoms with Gasteiger partial charge in [0.15, 0.2) is 0 Å². The Labute approximate surface area is 130 Å². The predicted molar refractivity (Wildman–Crippen MR) is 83.4 cm³/mol. The van der Waals surface area contributed by atoms with E-state index in [9.17, 15) is 8.42 Å². The normalized spacial score (nSPS) is 17.6. The molecule has 2 aromatic rings. The molecule has 1 unspecified atom stereocenters. The Bertz CT molecular complexity index is 796. The van der Waals surface area contributed by atoms with Gasteiger partial charge in [-0.25, -0.2) is 4.18 Å². The Kier molecular flexibility index (Phi) is 3.93. The van der Waals surface area contributed by atoms with E-state index in [0.717, 1.165) is 17.5 Å². The highest BCUT2D eigenvalue weighted by Crippen LogP contribution is 2.29. The number of aryl methyl sites for hydroxylation is 3. The lowest BCUT2D eigenvalue weighted by Crippen LogP contribution is -2.28. The molecule has 22 heavy (non-hydrogen) atoms. The van der Waals surface area contributed by atoms with E-state index in [-0.39, 0.29) is 4.90 Å². The molecule has 0 amide bonds. The Hall–Kier alpha value is -1.85. The molecule has 1 heterocycles. The minimum Gasteiger partial charge on any atom is -0.463 e. The first-order chi connectivity index (χ1) is 10.5. The fourth-order valence-electron chi connectivity index (χ4n) is 2.64. The summed E-state index contributed by atoms with van der Waals surface area (Å²) in [7, 11) is -3.83. The van der Waals surface area contributed by atoms with Gasteiger partial charge in [0.1, 0.15) is 5.75 Å². The van der Waals surface area contributed by atoms with Crippen molar-refractivity contribution in [2.75, 3.05) is 0 Å². The van der Waals surface area contributed by atoms with Gasteiger partial charge < -0.3 is 4.74 Å². The summed E-state index contributed by atoms with van der Waals surface area (Å²) in [5, 5.41) is 0. The van der Waals surface area contributed by atoms with E-state index in [1.807, 2.05) is 37.3 Å². The van der Waals surface area contributed by atoms with Crippen molar-refractivity contribution in [3.8, 4) is 5.75 Å². The summed E-state index contributed by atoms with van der Waals surface area (Å²) in [6, 6.07) is 12.8. The van der Waals surface area contributed by atoms with E-state index in [1.54, 1.807) is 19.1 Å². The molecule has 0 bridgehead atoms. The maximum atomic E-state index is 12.4. The maximum Gasteiger partial charge on any atom is 0.300 e. The lowest BCUT2D eigenvalue weighted by atomic mass is 10.1. The van der Waals surface area contributed by atoms with Gasteiger partial charge in [0.25, 0.3) is 0 Å². The van der Waals surface area contributed by atoms with Crippen molar-refractivity contribution in [2.45, 2.75) is 37.9 Å². The van der Waals surface area contributed by atoms with Gasteiger partial charge in [0.05, 0.1) is 4.90 Å². The van der Waals surface area contributed by atoms with E-state index in [1.165, 1.54) is 0 Å². The molecule has 0 N–H and O–H groups in total. The first-order valence-electron chi connectivity index (χ1n) is 7.21. The molecule has 0 radical (unpaired) electrons. The topological polar surface area (TPSA) is 52.6 Å². The average molecular weight is 318 g/mol. The van der Waals surface area contributed by atoms with E-state index in [2.05, 4.69) is 0 Å². The smallest absolute Gasteiger partial charge is 0.300 e. The summed E-state index contributed by atoms with van der Waals surface area (Å²) in [5.74, 6) is 0.689. The summed E-state index contributed by atoms with van der Waals surface area (Å²) in [6.07, 6.45) is 0.477. The number of benzene rings is 2. The lowest BCUT2D eigenvalue weighted by Gasteiger charge is -2.25. The van der Waals surface area contributed by atoms with Gasteiger partial charge in [-0.15, -0.1) is 0 Å². The van der Waals surface area contributed by atoms with E-state index in [0.29, 0.717) is 17.7 Å². The van der Waals surface area contributed by atoms with Crippen LogP contribution < -0.4 is 4.74 Å². The summed E-state index contributed by atoms with van der Waals surface area (Å²) in [6.45, 7) is 3.69. The molecule has 0 saturated carbocycles. The Morgan fingerprint density at radius 1 is 1.14 bits per heavy atom. The van der Waals surface area contributed by atoms with Gasteiger partial charge in [0, 0.05) is 6.42 Å². The highest BCUT2D eigenvalue weighted by Gasteiger charge is 2.27. The van der Waals surface area contributed by atoms with Crippen molar-refractivity contribution in [3.05, 3.63) is 59.2 Å². The van der Waals surface area contributed by atoms with Crippen molar-refractivity contribution < 1.29 is 17.3 Å². The quantitative estimate of drug-likeness (QED) is 0.814. The van der Waals surface area contributed by atoms with Crippen LogP contribution in [-0.2, 0) is 20.7 Å². The fraction of sp³-hybridized carbons (Fsp3) is 0.294. The Morgan fingerprint density at radius 2 is 1.91 bits per heavy atom. The summed E-state index contributed by atoms with van der Waals surface area (Å²) < 4.78 is 35.8. The SMILES string of the molecule is Cc1ccc(S(=O)(=O)OC2CCc3ccccc3O2)c(C)c1. The van der Waals surface area contributed by atoms with Crippen LogP contribution in [0.2, 0.25) is 0 Å². The monoisotopic (exact) mass is 318 g/mol. The van der Waals surface area contributed by atoms with Crippen molar-refractivity contribution in [2.24, 2.45) is 0 Å². The molecule has 0 aliphatic carbocycles. The van der Waals surface area contributed by atoms with Crippen molar-refractivity contribution in [1.82, 2.24) is 0 Å². The number of hydrogen-bond acceptors (Lipinski definition) is 4. The average Bonchev–Trinajstić information content (AvgIpc) is 2.46. The highest BCUT2D eigenvalue weighted by atomic mass is 32.2.